The molecule has 1 aromatic heterocycles. The minimum atomic E-state index is 0.435. The molecule has 0 bridgehead atoms. The molecule has 0 radical (unpaired) electrons. The molecule has 0 amide bonds. The molecule has 0 fully saturated rings. The summed E-state index contributed by atoms with van der Waals surface area (Å²) in [5.41, 5.74) is 1.10. The molecule has 0 saturated heterocycles. The molecular formula is C16H23N3. The van der Waals surface area contributed by atoms with Gasteiger partial charge in [0, 0.05) is 25.0 Å². The molecule has 0 spiro atoms. The van der Waals surface area contributed by atoms with Crippen LogP contribution in [0.1, 0.15) is 26.5 Å². The lowest BCUT2D eigenvalue weighted by Gasteiger charge is -2.24. The van der Waals surface area contributed by atoms with Crippen LogP contribution in [0.3, 0.4) is 0 Å². The Bertz CT molecular complexity index is 549. The molecule has 0 saturated carbocycles. The maximum absolute atomic E-state index is 4.82. The molecule has 3 nitrogen and oxygen atoms in total. The SMILES string of the molecule is CCNCc1cc2ccccc2c(N(C)C(C)C)n1. The Balaban J connectivity index is 2.51. The molecule has 2 aromatic rings. The van der Waals surface area contributed by atoms with Gasteiger partial charge in [-0.15, -0.1) is 0 Å². The third-order valence-electron chi connectivity index (χ3n) is 3.44. The lowest BCUT2D eigenvalue weighted by Crippen LogP contribution is -2.27. The van der Waals surface area contributed by atoms with Crippen LogP contribution in [0, 0.1) is 0 Å². The van der Waals surface area contributed by atoms with Gasteiger partial charge in [-0.05, 0) is 31.8 Å². The predicted octanol–water partition coefficient (Wildman–Crippen LogP) is 3.19. The first kappa shape index (κ1) is 13.8. The first-order valence-corrected chi connectivity index (χ1v) is 6.95. The summed E-state index contributed by atoms with van der Waals surface area (Å²) in [6.45, 7) is 8.27. The molecule has 0 atom stereocenters. The summed E-state index contributed by atoms with van der Waals surface area (Å²) in [6.07, 6.45) is 0. The summed E-state index contributed by atoms with van der Waals surface area (Å²) in [7, 11) is 2.11. The van der Waals surface area contributed by atoms with Gasteiger partial charge in [-0.1, -0.05) is 31.2 Å². The van der Waals surface area contributed by atoms with Gasteiger partial charge in [-0.25, -0.2) is 4.98 Å². The van der Waals surface area contributed by atoms with Crippen molar-refractivity contribution in [2.75, 3.05) is 18.5 Å². The number of pyridine rings is 1. The van der Waals surface area contributed by atoms with Gasteiger partial charge in [0.2, 0.25) is 0 Å². The van der Waals surface area contributed by atoms with Crippen LogP contribution in [0.4, 0.5) is 5.82 Å². The molecule has 0 unspecified atom stereocenters. The van der Waals surface area contributed by atoms with Crippen LogP contribution in [-0.4, -0.2) is 24.6 Å². The van der Waals surface area contributed by atoms with Crippen LogP contribution in [0.15, 0.2) is 30.3 Å². The molecule has 3 heteroatoms. The second-order valence-electron chi connectivity index (χ2n) is 5.14. The minimum absolute atomic E-state index is 0.435. The van der Waals surface area contributed by atoms with E-state index < -0.39 is 0 Å². The zero-order valence-electron chi connectivity index (χ0n) is 12.3. The third-order valence-corrected chi connectivity index (χ3v) is 3.44. The van der Waals surface area contributed by atoms with Crippen LogP contribution in [0.2, 0.25) is 0 Å². The number of aromatic nitrogens is 1. The summed E-state index contributed by atoms with van der Waals surface area (Å²) < 4.78 is 0. The fourth-order valence-corrected chi connectivity index (χ4v) is 2.09. The summed E-state index contributed by atoms with van der Waals surface area (Å²) in [4.78, 5) is 7.06. The van der Waals surface area contributed by atoms with Crippen molar-refractivity contribution in [3.8, 4) is 0 Å². The van der Waals surface area contributed by atoms with E-state index in [9.17, 15) is 0 Å². The van der Waals surface area contributed by atoms with Crippen LogP contribution in [0.5, 0.6) is 0 Å². The Morgan fingerprint density at radius 2 is 2.00 bits per heavy atom. The lowest BCUT2D eigenvalue weighted by molar-refractivity contribution is 0.702. The number of nitrogens with one attached hydrogen (secondary N) is 1. The monoisotopic (exact) mass is 257 g/mol. The van der Waals surface area contributed by atoms with E-state index in [1.807, 2.05) is 0 Å². The largest absolute Gasteiger partial charge is 0.357 e. The first-order valence-electron chi connectivity index (χ1n) is 6.95. The van der Waals surface area contributed by atoms with E-state index in [4.69, 9.17) is 4.98 Å². The maximum atomic E-state index is 4.82. The van der Waals surface area contributed by atoms with Gasteiger partial charge >= 0.3 is 0 Å². The maximum Gasteiger partial charge on any atom is 0.136 e. The fraction of sp³-hybridized carbons (Fsp3) is 0.438. The van der Waals surface area contributed by atoms with Crippen molar-refractivity contribution in [1.29, 1.82) is 0 Å². The smallest absolute Gasteiger partial charge is 0.136 e. The molecule has 0 aliphatic carbocycles. The second kappa shape index (κ2) is 6.02. The highest BCUT2D eigenvalue weighted by molar-refractivity contribution is 5.92. The average molecular weight is 257 g/mol. The van der Waals surface area contributed by atoms with Gasteiger partial charge in [0.1, 0.15) is 5.82 Å². The minimum Gasteiger partial charge on any atom is -0.357 e. The number of fused-ring (bicyclic) bond motifs is 1. The molecule has 0 aliphatic rings. The molecule has 0 aliphatic heterocycles. The van der Waals surface area contributed by atoms with E-state index in [0.717, 1.165) is 24.6 Å². The van der Waals surface area contributed by atoms with Gasteiger partial charge < -0.3 is 10.2 Å². The molecule has 1 N–H and O–H groups in total. The highest BCUT2D eigenvalue weighted by Crippen LogP contribution is 2.26. The standard InChI is InChI=1S/C16H23N3/c1-5-17-11-14-10-13-8-6-7-9-15(13)16(18-14)19(4)12(2)3/h6-10,12,17H,5,11H2,1-4H3. The van der Waals surface area contributed by atoms with Gasteiger partial charge in [-0.2, -0.15) is 0 Å². The Labute approximate surface area is 115 Å². The number of rotatable bonds is 5. The van der Waals surface area contributed by atoms with Gasteiger partial charge in [0.05, 0.1) is 5.69 Å². The molecule has 19 heavy (non-hydrogen) atoms. The Morgan fingerprint density at radius 1 is 1.26 bits per heavy atom. The number of nitrogens with zero attached hydrogens (tertiary/aromatic N) is 2. The first-order chi connectivity index (χ1) is 9.13. The predicted molar refractivity (Wildman–Crippen MR) is 82.7 cm³/mol. The highest BCUT2D eigenvalue weighted by Gasteiger charge is 2.12. The lowest BCUT2D eigenvalue weighted by atomic mass is 10.1. The van der Waals surface area contributed by atoms with Gasteiger partial charge in [-0.3, -0.25) is 0 Å². The van der Waals surface area contributed by atoms with Crippen molar-refractivity contribution in [2.24, 2.45) is 0 Å². The van der Waals surface area contributed by atoms with E-state index in [-0.39, 0.29) is 0 Å². The normalized spacial score (nSPS) is 11.2. The zero-order chi connectivity index (χ0) is 13.8. The van der Waals surface area contributed by atoms with Crippen molar-refractivity contribution in [3.63, 3.8) is 0 Å². The van der Waals surface area contributed by atoms with Gasteiger partial charge in [0.25, 0.3) is 0 Å². The Hall–Kier alpha value is -1.61. The number of anilines is 1. The van der Waals surface area contributed by atoms with Crippen molar-refractivity contribution in [2.45, 2.75) is 33.4 Å². The summed E-state index contributed by atoms with van der Waals surface area (Å²) in [5.74, 6) is 1.07. The van der Waals surface area contributed by atoms with Gasteiger partial charge in [0.15, 0.2) is 0 Å². The Morgan fingerprint density at radius 3 is 2.68 bits per heavy atom. The zero-order valence-corrected chi connectivity index (χ0v) is 12.3. The van der Waals surface area contributed by atoms with Crippen molar-refractivity contribution >= 4 is 16.6 Å². The Kier molecular flexibility index (Phi) is 4.38. The number of benzene rings is 1. The topological polar surface area (TPSA) is 28.2 Å². The van der Waals surface area contributed by atoms with Crippen molar-refractivity contribution < 1.29 is 0 Å². The van der Waals surface area contributed by atoms with E-state index in [2.05, 4.69) is 68.4 Å². The van der Waals surface area contributed by atoms with Crippen LogP contribution < -0.4 is 10.2 Å². The van der Waals surface area contributed by atoms with E-state index in [1.54, 1.807) is 0 Å². The fourth-order valence-electron chi connectivity index (χ4n) is 2.09. The average Bonchev–Trinajstić information content (AvgIpc) is 2.43. The van der Waals surface area contributed by atoms with E-state index >= 15 is 0 Å². The summed E-state index contributed by atoms with van der Waals surface area (Å²) in [6, 6.07) is 11.1. The highest BCUT2D eigenvalue weighted by atomic mass is 15.2. The molecule has 1 aromatic carbocycles. The summed E-state index contributed by atoms with van der Waals surface area (Å²) in [5, 5.41) is 5.82. The molecule has 1 heterocycles. The third kappa shape index (κ3) is 3.04. The van der Waals surface area contributed by atoms with E-state index in [1.165, 1.54) is 10.8 Å². The molecule has 2 rings (SSSR count). The van der Waals surface area contributed by atoms with E-state index in [0.29, 0.717) is 6.04 Å². The van der Waals surface area contributed by atoms with Crippen LogP contribution in [-0.2, 0) is 6.54 Å². The van der Waals surface area contributed by atoms with Crippen LogP contribution >= 0.6 is 0 Å². The number of hydrogen-bond acceptors (Lipinski definition) is 3. The number of hydrogen-bond donors (Lipinski definition) is 1. The molecule has 102 valence electrons. The van der Waals surface area contributed by atoms with Crippen molar-refractivity contribution in [3.05, 3.63) is 36.0 Å². The quantitative estimate of drug-likeness (QED) is 0.891. The van der Waals surface area contributed by atoms with Crippen LogP contribution in [0.25, 0.3) is 10.8 Å². The summed E-state index contributed by atoms with van der Waals surface area (Å²) >= 11 is 0. The second-order valence-corrected chi connectivity index (χ2v) is 5.14. The molecular weight excluding hydrogens is 234 g/mol. The van der Waals surface area contributed by atoms with Crippen molar-refractivity contribution in [1.82, 2.24) is 10.3 Å².